The monoisotopic (exact) mass is 364 g/mol. The molecule has 3 nitrogen and oxygen atoms in total. The molecule has 1 amide bonds. The van der Waals surface area contributed by atoms with Crippen molar-refractivity contribution >= 4 is 5.91 Å². The molecule has 0 aromatic heterocycles. The first-order chi connectivity index (χ1) is 12.3. The summed E-state index contributed by atoms with van der Waals surface area (Å²) in [6, 6.07) is 14.3. The molecule has 0 saturated heterocycles. The molecule has 0 radical (unpaired) electrons. The summed E-state index contributed by atoms with van der Waals surface area (Å²) in [7, 11) is 0. The maximum atomic E-state index is 12.8. The average Bonchev–Trinajstić information content (AvgIpc) is 2.61. The summed E-state index contributed by atoms with van der Waals surface area (Å²) in [6.45, 7) is 2.23. The summed E-state index contributed by atoms with van der Waals surface area (Å²) in [6.07, 6.45) is -3.63. The quantitative estimate of drug-likeness (QED) is 0.765. The Hall–Kier alpha value is -2.34. The number of carbonyl (C=O) groups excluding carboxylic acids is 1. The van der Waals surface area contributed by atoms with E-state index in [0.717, 1.165) is 17.7 Å². The van der Waals surface area contributed by atoms with Crippen LogP contribution in [0.4, 0.5) is 13.2 Å². The number of nitrogens with one attached hydrogen (secondary N) is 1. The molecule has 0 heterocycles. The molecule has 0 aliphatic rings. The molecule has 140 valence electrons. The first-order valence-electron chi connectivity index (χ1n) is 8.51. The highest BCUT2D eigenvalue weighted by Gasteiger charge is 2.30. The van der Waals surface area contributed by atoms with E-state index in [4.69, 9.17) is 5.73 Å². The summed E-state index contributed by atoms with van der Waals surface area (Å²) in [5.41, 5.74) is 6.85. The molecule has 0 saturated carbocycles. The standard InChI is InChI=1S/C20H23F3N2O/c1-14(16-8-5-9-17(12-16)20(21,22)23)10-11-25-19(26)13-18(24)15-6-3-2-4-7-15/h2-9,12,14,18H,10-11,13,24H2,1H3,(H,25,26). The van der Waals surface area contributed by atoms with Gasteiger partial charge in [0.05, 0.1) is 5.56 Å². The van der Waals surface area contributed by atoms with E-state index in [0.29, 0.717) is 18.5 Å². The van der Waals surface area contributed by atoms with Crippen LogP contribution in [-0.2, 0) is 11.0 Å². The molecule has 0 aliphatic carbocycles. The van der Waals surface area contributed by atoms with E-state index in [1.165, 1.54) is 6.07 Å². The SMILES string of the molecule is CC(CCNC(=O)CC(N)c1ccccc1)c1cccc(C(F)(F)F)c1. The normalized spacial score (nSPS) is 13.9. The van der Waals surface area contributed by atoms with E-state index in [2.05, 4.69) is 5.32 Å². The van der Waals surface area contributed by atoms with Gasteiger partial charge in [-0.15, -0.1) is 0 Å². The fourth-order valence-electron chi connectivity index (χ4n) is 2.71. The molecule has 6 heteroatoms. The summed E-state index contributed by atoms with van der Waals surface area (Å²) in [4.78, 5) is 12.0. The highest BCUT2D eigenvalue weighted by atomic mass is 19.4. The van der Waals surface area contributed by atoms with Gasteiger partial charge in [-0.1, -0.05) is 55.5 Å². The number of hydrogen-bond donors (Lipinski definition) is 2. The van der Waals surface area contributed by atoms with Crippen molar-refractivity contribution < 1.29 is 18.0 Å². The van der Waals surface area contributed by atoms with Gasteiger partial charge in [0.2, 0.25) is 5.91 Å². The van der Waals surface area contributed by atoms with Gasteiger partial charge in [0, 0.05) is 19.0 Å². The van der Waals surface area contributed by atoms with E-state index in [1.807, 2.05) is 37.3 Å². The Kier molecular flexibility index (Phi) is 6.80. The third-order valence-electron chi connectivity index (χ3n) is 4.32. The minimum Gasteiger partial charge on any atom is -0.356 e. The van der Waals surface area contributed by atoms with E-state index >= 15 is 0 Å². The van der Waals surface area contributed by atoms with Crippen LogP contribution < -0.4 is 11.1 Å². The van der Waals surface area contributed by atoms with Crippen LogP contribution in [-0.4, -0.2) is 12.5 Å². The lowest BCUT2D eigenvalue weighted by molar-refractivity contribution is -0.137. The zero-order chi connectivity index (χ0) is 19.2. The zero-order valence-electron chi connectivity index (χ0n) is 14.6. The molecule has 2 aromatic carbocycles. The van der Waals surface area contributed by atoms with Gasteiger partial charge in [-0.25, -0.2) is 0 Å². The van der Waals surface area contributed by atoms with Gasteiger partial charge >= 0.3 is 6.18 Å². The number of alkyl halides is 3. The number of hydrogen-bond acceptors (Lipinski definition) is 2. The van der Waals surface area contributed by atoms with Crippen molar-refractivity contribution in [3.63, 3.8) is 0 Å². The smallest absolute Gasteiger partial charge is 0.356 e. The van der Waals surface area contributed by atoms with Gasteiger partial charge in [0.25, 0.3) is 0 Å². The fourth-order valence-corrected chi connectivity index (χ4v) is 2.71. The van der Waals surface area contributed by atoms with E-state index in [9.17, 15) is 18.0 Å². The van der Waals surface area contributed by atoms with Crippen LogP contribution >= 0.6 is 0 Å². The molecular formula is C20H23F3N2O. The predicted octanol–water partition coefficient (Wildman–Crippen LogP) is 4.41. The molecule has 3 N–H and O–H groups in total. The van der Waals surface area contributed by atoms with Crippen molar-refractivity contribution in [2.75, 3.05) is 6.54 Å². The number of rotatable bonds is 7. The number of amides is 1. The Bertz CT molecular complexity index is 716. The topological polar surface area (TPSA) is 55.1 Å². The molecule has 2 atom stereocenters. The van der Waals surface area contributed by atoms with E-state index in [-0.39, 0.29) is 24.3 Å². The second kappa shape index (κ2) is 8.85. The molecular weight excluding hydrogens is 341 g/mol. The highest BCUT2D eigenvalue weighted by Crippen LogP contribution is 2.31. The average molecular weight is 364 g/mol. The highest BCUT2D eigenvalue weighted by molar-refractivity contribution is 5.76. The van der Waals surface area contributed by atoms with Gasteiger partial charge in [-0.2, -0.15) is 13.2 Å². The van der Waals surface area contributed by atoms with Crippen LogP contribution in [0.15, 0.2) is 54.6 Å². The van der Waals surface area contributed by atoms with E-state index in [1.54, 1.807) is 6.07 Å². The second-order valence-corrected chi connectivity index (χ2v) is 6.38. The minimum absolute atomic E-state index is 0.0969. The molecule has 26 heavy (non-hydrogen) atoms. The summed E-state index contributed by atoms with van der Waals surface area (Å²) < 4.78 is 38.3. The van der Waals surface area contributed by atoms with Gasteiger partial charge in [-0.05, 0) is 29.5 Å². The number of nitrogens with two attached hydrogens (primary N) is 1. The first kappa shape index (κ1) is 20.0. The van der Waals surface area contributed by atoms with Crippen molar-refractivity contribution in [1.29, 1.82) is 0 Å². The third kappa shape index (κ3) is 5.88. The number of benzene rings is 2. The number of halogens is 3. The maximum Gasteiger partial charge on any atom is 0.416 e. The summed E-state index contributed by atoms with van der Waals surface area (Å²) >= 11 is 0. The Morgan fingerprint density at radius 2 is 1.73 bits per heavy atom. The van der Waals surface area contributed by atoms with Crippen molar-refractivity contribution in [1.82, 2.24) is 5.32 Å². The van der Waals surface area contributed by atoms with E-state index < -0.39 is 11.7 Å². The first-order valence-corrected chi connectivity index (χ1v) is 8.51. The lowest BCUT2D eigenvalue weighted by Crippen LogP contribution is -2.28. The molecule has 0 spiro atoms. The van der Waals surface area contributed by atoms with Gasteiger partial charge in [0.1, 0.15) is 0 Å². The largest absolute Gasteiger partial charge is 0.416 e. The lowest BCUT2D eigenvalue weighted by atomic mass is 9.96. The second-order valence-electron chi connectivity index (χ2n) is 6.38. The summed E-state index contributed by atoms with van der Waals surface area (Å²) in [5, 5.41) is 2.79. The van der Waals surface area contributed by atoms with Crippen LogP contribution in [0, 0.1) is 0 Å². The third-order valence-corrected chi connectivity index (χ3v) is 4.32. The Morgan fingerprint density at radius 3 is 2.38 bits per heavy atom. The molecule has 2 rings (SSSR count). The van der Waals surface area contributed by atoms with Gasteiger partial charge in [0.15, 0.2) is 0 Å². The minimum atomic E-state index is -4.35. The Labute approximate surface area is 151 Å². The maximum absolute atomic E-state index is 12.8. The molecule has 0 fully saturated rings. The van der Waals surface area contributed by atoms with Crippen LogP contribution in [0.25, 0.3) is 0 Å². The Balaban J connectivity index is 1.81. The van der Waals surface area contributed by atoms with Crippen LogP contribution in [0.5, 0.6) is 0 Å². The molecule has 2 aromatic rings. The molecule has 0 aliphatic heterocycles. The van der Waals surface area contributed by atoms with Gasteiger partial charge in [-0.3, -0.25) is 4.79 Å². The fraction of sp³-hybridized carbons (Fsp3) is 0.350. The van der Waals surface area contributed by atoms with Crippen LogP contribution in [0.1, 0.15) is 48.4 Å². The zero-order valence-corrected chi connectivity index (χ0v) is 14.6. The van der Waals surface area contributed by atoms with Crippen molar-refractivity contribution in [3.05, 3.63) is 71.3 Å². The predicted molar refractivity (Wildman–Crippen MR) is 95.5 cm³/mol. The van der Waals surface area contributed by atoms with Gasteiger partial charge < -0.3 is 11.1 Å². The Morgan fingerprint density at radius 1 is 1.08 bits per heavy atom. The molecule has 2 unspecified atom stereocenters. The molecule has 0 bridgehead atoms. The van der Waals surface area contributed by atoms with Crippen molar-refractivity contribution in [3.8, 4) is 0 Å². The number of carbonyl (C=O) groups is 1. The van der Waals surface area contributed by atoms with Crippen molar-refractivity contribution in [2.24, 2.45) is 5.73 Å². The van der Waals surface area contributed by atoms with Crippen LogP contribution in [0.2, 0.25) is 0 Å². The lowest BCUT2D eigenvalue weighted by Gasteiger charge is -2.16. The van der Waals surface area contributed by atoms with Crippen LogP contribution in [0.3, 0.4) is 0 Å². The van der Waals surface area contributed by atoms with Crippen molar-refractivity contribution in [2.45, 2.75) is 37.9 Å². The summed E-state index contributed by atoms with van der Waals surface area (Å²) in [5.74, 6) is -0.266.